The fourth-order valence-corrected chi connectivity index (χ4v) is 4.38. The minimum absolute atomic E-state index is 0.0913. The second kappa shape index (κ2) is 8.51. The molecular formula is C21H26N4O2S. The lowest BCUT2D eigenvalue weighted by molar-refractivity contribution is 0.158. The van der Waals surface area contributed by atoms with E-state index >= 15 is 0 Å². The molecule has 1 aliphatic heterocycles. The van der Waals surface area contributed by atoms with E-state index in [0.29, 0.717) is 11.5 Å². The molecule has 6 nitrogen and oxygen atoms in total. The van der Waals surface area contributed by atoms with Crippen LogP contribution in [0.15, 0.2) is 46.3 Å². The minimum atomic E-state index is -0.0913. The van der Waals surface area contributed by atoms with Gasteiger partial charge in [0.05, 0.1) is 12.2 Å². The maximum Gasteiger partial charge on any atom is 0.259 e. The molecule has 148 valence electrons. The number of nitrogens with one attached hydrogen (secondary N) is 1. The predicted octanol–water partition coefficient (Wildman–Crippen LogP) is 3.08. The van der Waals surface area contributed by atoms with Gasteiger partial charge in [-0.2, -0.15) is 0 Å². The Bertz CT molecular complexity index is 1010. The molecule has 1 atom stereocenters. The van der Waals surface area contributed by atoms with Gasteiger partial charge in [-0.05, 0) is 48.7 Å². The number of ether oxygens (including phenoxy) is 1. The third-order valence-electron chi connectivity index (χ3n) is 5.45. The van der Waals surface area contributed by atoms with Gasteiger partial charge in [-0.25, -0.2) is 4.98 Å². The average Bonchev–Trinajstić information content (AvgIpc) is 3.35. The lowest BCUT2D eigenvalue weighted by atomic mass is 10.1. The summed E-state index contributed by atoms with van der Waals surface area (Å²) in [5.41, 5.74) is 1.40. The monoisotopic (exact) mass is 398 g/mol. The number of aromatic nitrogens is 3. The lowest BCUT2D eigenvalue weighted by Gasteiger charge is -2.16. The van der Waals surface area contributed by atoms with E-state index in [1.54, 1.807) is 25.1 Å². The molecule has 7 heteroatoms. The Kier molecular flexibility index (Phi) is 5.85. The molecule has 3 aromatic rings. The van der Waals surface area contributed by atoms with Gasteiger partial charge >= 0.3 is 0 Å². The van der Waals surface area contributed by atoms with E-state index in [2.05, 4.69) is 31.6 Å². The molecular weight excluding hydrogens is 372 g/mol. The number of hydrogen-bond acceptors (Lipinski definition) is 5. The van der Waals surface area contributed by atoms with Crippen LogP contribution in [-0.4, -0.2) is 59.0 Å². The quantitative estimate of drug-likeness (QED) is 0.620. The first-order chi connectivity index (χ1) is 13.7. The molecule has 0 aliphatic carbocycles. The van der Waals surface area contributed by atoms with Crippen molar-refractivity contribution in [3.05, 3.63) is 47.0 Å². The molecule has 0 saturated carbocycles. The molecule has 1 N–H and O–H groups in total. The highest BCUT2D eigenvalue weighted by molar-refractivity contribution is 7.98. The summed E-state index contributed by atoms with van der Waals surface area (Å²) in [6.07, 6.45) is 6.96. The fraction of sp³-hybridized carbons (Fsp3) is 0.429. The number of hydrogen-bond donors (Lipinski definition) is 1. The summed E-state index contributed by atoms with van der Waals surface area (Å²) in [6.45, 7) is 4.79. The summed E-state index contributed by atoms with van der Waals surface area (Å²) in [7, 11) is 1.74. The topological polar surface area (TPSA) is 63.1 Å². The van der Waals surface area contributed by atoms with Gasteiger partial charge in [0, 0.05) is 49.5 Å². The molecule has 3 heterocycles. The van der Waals surface area contributed by atoms with Gasteiger partial charge in [0.25, 0.3) is 5.56 Å². The molecule has 1 saturated heterocycles. The summed E-state index contributed by atoms with van der Waals surface area (Å²) in [5, 5.41) is 1.02. The molecule has 0 radical (unpaired) electrons. The van der Waals surface area contributed by atoms with E-state index in [1.165, 1.54) is 0 Å². The average molecular weight is 399 g/mol. The van der Waals surface area contributed by atoms with E-state index in [4.69, 9.17) is 4.74 Å². The molecule has 4 rings (SSSR count). The van der Waals surface area contributed by atoms with Crippen LogP contribution in [0.5, 0.6) is 0 Å². The molecule has 0 amide bonds. The van der Waals surface area contributed by atoms with Crippen molar-refractivity contribution in [2.75, 3.05) is 39.6 Å². The summed E-state index contributed by atoms with van der Waals surface area (Å²) in [4.78, 5) is 23.9. The number of pyridine rings is 1. The highest BCUT2D eigenvalue weighted by Crippen LogP contribution is 2.24. The van der Waals surface area contributed by atoms with E-state index in [0.717, 1.165) is 60.8 Å². The molecule has 1 aliphatic rings. The van der Waals surface area contributed by atoms with Gasteiger partial charge in [0.15, 0.2) is 0 Å². The van der Waals surface area contributed by atoms with Crippen LogP contribution in [0.4, 0.5) is 0 Å². The smallest absolute Gasteiger partial charge is 0.259 e. The number of rotatable bonds is 7. The van der Waals surface area contributed by atoms with E-state index in [1.807, 2.05) is 24.6 Å². The van der Waals surface area contributed by atoms with Gasteiger partial charge in [-0.15, -0.1) is 11.8 Å². The molecule has 2 aromatic heterocycles. The Labute approximate surface area is 168 Å². The summed E-state index contributed by atoms with van der Waals surface area (Å²) < 4.78 is 7.31. The highest BCUT2D eigenvalue weighted by atomic mass is 32.2. The summed E-state index contributed by atoms with van der Waals surface area (Å²) in [5.74, 6) is 1.31. The zero-order valence-electron chi connectivity index (χ0n) is 16.4. The second-order valence-electron chi connectivity index (χ2n) is 7.32. The molecule has 0 spiro atoms. The fourth-order valence-electron chi connectivity index (χ4n) is 3.94. The van der Waals surface area contributed by atoms with Crippen molar-refractivity contribution >= 4 is 22.7 Å². The van der Waals surface area contributed by atoms with Crippen molar-refractivity contribution in [3.63, 3.8) is 0 Å². The van der Waals surface area contributed by atoms with Crippen LogP contribution in [0, 0.1) is 5.92 Å². The van der Waals surface area contributed by atoms with Crippen LogP contribution in [-0.2, 0) is 11.3 Å². The van der Waals surface area contributed by atoms with Crippen LogP contribution in [0.25, 0.3) is 22.3 Å². The highest BCUT2D eigenvalue weighted by Gasteiger charge is 2.23. The third kappa shape index (κ3) is 4.01. The standard InChI is InChI=1S/C21H26N4O2S/c1-27-10-9-24-7-5-15(13-24)14-25-8-6-22-20(25)18-11-16-3-4-17(28-2)12-19(16)23-21(18)26/h3-4,6,8,11-12,15H,5,7,9-10,13-14H2,1-2H3,(H,23,26). The number of thioether (sulfide) groups is 1. The third-order valence-corrected chi connectivity index (χ3v) is 6.17. The van der Waals surface area contributed by atoms with Crippen LogP contribution < -0.4 is 5.56 Å². The summed E-state index contributed by atoms with van der Waals surface area (Å²) in [6, 6.07) is 8.11. The number of nitrogens with zero attached hydrogens (tertiary/aromatic N) is 3. The van der Waals surface area contributed by atoms with Crippen LogP contribution in [0.1, 0.15) is 6.42 Å². The zero-order valence-corrected chi connectivity index (χ0v) is 17.2. The normalized spacial score (nSPS) is 17.6. The largest absolute Gasteiger partial charge is 0.383 e. The van der Waals surface area contributed by atoms with Crippen LogP contribution >= 0.6 is 11.8 Å². The van der Waals surface area contributed by atoms with Crippen LogP contribution in [0.2, 0.25) is 0 Å². The van der Waals surface area contributed by atoms with Gasteiger partial charge in [0.2, 0.25) is 0 Å². The van der Waals surface area contributed by atoms with E-state index in [-0.39, 0.29) is 5.56 Å². The van der Waals surface area contributed by atoms with Gasteiger partial charge in [0.1, 0.15) is 5.82 Å². The Morgan fingerprint density at radius 1 is 1.36 bits per heavy atom. The SMILES string of the molecule is COCCN1CCC(Cn2ccnc2-c2cc3ccc(SC)cc3[nH]c2=O)C1. The first-order valence-corrected chi connectivity index (χ1v) is 10.8. The van der Waals surface area contributed by atoms with Crippen molar-refractivity contribution in [1.29, 1.82) is 0 Å². The zero-order chi connectivity index (χ0) is 19.5. The Balaban J connectivity index is 1.57. The Morgan fingerprint density at radius 2 is 2.25 bits per heavy atom. The number of methoxy groups -OCH3 is 1. The first kappa shape index (κ1) is 19.2. The van der Waals surface area contributed by atoms with Crippen molar-refractivity contribution < 1.29 is 4.74 Å². The minimum Gasteiger partial charge on any atom is -0.383 e. The number of H-pyrrole nitrogens is 1. The van der Waals surface area contributed by atoms with Crippen molar-refractivity contribution in [2.24, 2.45) is 5.92 Å². The van der Waals surface area contributed by atoms with Crippen LogP contribution in [0.3, 0.4) is 0 Å². The Hall–Kier alpha value is -2.09. The van der Waals surface area contributed by atoms with Crippen molar-refractivity contribution in [1.82, 2.24) is 19.4 Å². The van der Waals surface area contributed by atoms with Gasteiger partial charge < -0.3 is 19.2 Å². The molecule has 0 bridgehead atoms. The van der Waals surface area contributed by atoms with E-state index < -0.39 is 0 Å². The maximum atomic E-state index is 12.8. The second-order valence-corrected chi connectivity index (χ2v) is 8.20. The van der Waals surface area contributed by atoms with Crippen molar-refractivity contribution in [2.45, 2.75) is 17.9 Å². The number of likely N-dealkylation sites (tertiary alicyclic amines) is 1. The molecule has 1 unspecified atom stereocenters. The molecule has 1 aromatic carbocycles. The first-order valence-electron chi connectivity index (χ1n) is 9.62. The lowest BCUT2D eigenvalue weighted by Crippen LogP contribution is -2.25. The number of imidazole rings is 1. The Morgan fingerprint density at radius 3 is 3.07 bits per heavy atom. The molecule has 1 fully saturated rings. The van der Waals surface area contributed by atoms with Crippen molar-refractivity contribution in [3.8, 4) is 11.4 Å². The van der Waals surface area contributed by atoms with Gasteiger partial charge in [-0.3, -0.25) is 4.79 Å². The van der Waals surface area contributed by atoms with E-state index in [9.17, 15) is 4.79 Å². The summed E-state index contributed by atoms with van der Waals surface area (Å²) >= 11 is 1.67. The predicted molar refractivity (Wildman–Crippen MR) is 114 cm³/mol. The number of aromatic amines is 1. The van der Waals surface area contributed by atoms with Gasteiger partial charge in [-0.1, -0.05) is 6.07 Å². The number of fused-ring (bicyclic) bond motifs is 1. The molecule has 28 heavy (non-hydrogen) atoms. The maximum absolute atomic E-state index is 12.8. The number of benzene rings is 1.